The minimum absolute atomic E-state index is 0.172. The third-order valence-corrected chi connectivity index (χ3v) is 4.27. The maximum absolute atomic E-state index is 12.2. The number of nitrogens with zero attached hydrogens (tertiary/aromatic N) is 4. The summed E-state index contributed by atoms with van der Waals surface area (Å²) in [5, 5.41) is 3.07. The molecule has 0 aromatic carbocycles. The minimum atomic E-state index is -0.332. The number of rotatable bonds is 3. The average Bonchev–Trinajstić information content (AvgIpc) is 2.55. The molecule has 0 aliphatic carbocycles. The lowest BCUT2D eigenvalue weighted by molar-refractivity contribution is 0.102. The molecule has 0 radical (unpaired) electrons. The zero-order chi connectivity index (χ0) is 17.1. The largest absolute Gasteiger partial charge is 0.368 e. The van der Waals surface area contributed by atoms with E-state index in [9.17, 15) is 4.79 Å². The lowest BCUT2D eigenvalue weighted by Gasteiger charge is -2.33. The standard InChI is InChI=1S/C16H17Cl2N5O/c1-22-4-6-23(7-5-22)12-2-3-15(19-10-12)21-16(24)11-8-13(17)20-14(18)9-11/h2-3,8-10H,4-7H2,1H3,(H,19,21,24). The molecule has 1 aliphatic rings. The molecule has 1 N–H and O–H groups in total. The summed E-state index contributed by atoms with van der Waals surface area (Å²) in [4.78, 5) is 24.9. The Kier molecular flexibility index (Phi) is 5.18. The van der Waals surface area contributed by atoms with Gasteiger partial charge in [0.2, 0.25) is 0 Å². The Bertz CT molecular complexity index is 709. The van der Waals surface area contributed by atoms with Gasteiger partial charge in [0.1, 0.15) is 16.1 Å². The molecule has 2 aromatic rings. The molecule has 0 saturated carbocycles. The maximum Gasteiger partial charge on any atom is 0.257 e. The number of carbonyl (C=O) groups is 1. The van der Waals surface area contributed by atoms with E-state index in [0.717, 1.165) is 31.9 Å². The number of anilines is 2. The number of carbonyl (C=O) groups excluding carboxylic acids is 1. The molecule has 3 heterocycles. The van der Waals surface area contributed by atoms with E-state index >= 15 is 0 Å². The van der Waals surface area contributed by atoms with Gasteiger partial charge in [-0.25, -0.2) is 9.97 Å². The quantitative estimate of drug-likeness (QED) is 0.847. The highest BCUT2D eigenvalue weighted by Gasteiger charge is 2.15. The van der Waals surface area contributed by atoms with E-state index in [0.29, 0.717) is 11.4 Å². The van der Waals surface area contributed by atoms with E-state index in [2.05, 4.69) is 32.1 Å². The van der Waals surface area contributed by atoms with Crippen LogP contribution in [0.3, 0.4) is 0 Å². The molecule has 3 rings (SSSR count). The van der Waals surface area contributed by atoms with Crippen LogP contribution in [0.15, 0.2) is 30.5 Å². The molecule has 0 bridgehead atoms. The predicted molar refractivity (Wildman–Crippen MR) is 96.2 cm³/mol. The Morgan fingerprint density at radius 3 is 2.38 bits per heavy atom. The third-order valence-electron chi connectivity index (χ3n) is 3.88. The molecule has 24 heavy (non-hydrogen) atoms. The number of aromatic nitrogens is 2. The van der Waals surface area contributed by atoms with E-state index in [-0.39, 0.29) is 16.2 Å². The highest BCUT2D eigenvalue weighted by atomic mass is 35.5. The Labute approximate surface area is 150 Å². The van der Waals surface area contributed by atoms with E-state index in [1.807, 2.05) is 6.07 Å². The van der Waals surface area contributed by atoms with E-state index < -0.39 is 0 Å². The summed E-state index contributed by atoms with van der Waals surface area (Å²) in [6.45, 7) is 4.00. The fraction of sp³-hybridized carbons (Fsp3) is 0.312. The van der Waals surface area contributed by atoms with Crippen LogP contribution in [0.4, 0.5) is 11.5 Å². The summed E-state index contributed by atoms with van der Waals surface area (Å²) in [5.41, 5.74) is 1.39. The first-order valence-electron chi connectivity index (χ1n) is 7.55. The van der Waals surface area contributed by atoms with Crippen LogP contribution in [0.1, 0.15) is 10.4 Å². The predicted octanol–water partition coefficient (Wildman–Crippen LogP) is 2.79. The fourth-order valence-electron chi connectivity index (χ4n) is 2.50. The first-order chi connectivity index (χ1) is 11.5. The zero-order valence-corrected chi connectivity index (χ0v) is 14.7. The summed E-state index contributed by atoms with van der Waals surface area (Å²) in [6, 6.07) is 6.67. The highest BCUT2D eigenvalue weighted by Crippen LogP contribution is 2.19. The summed E-state index contributed by atoms with van der Waals surface area (Å²) in [5.74, 6) is 0.142. The second kappa shape index (κ2) is 7.34. The summed E-state index contributed by atoms with van der Waals surface area (Å²) in [6.07, 6.45) is 1.77. The van der Waals surface area contributed by atoms with Gasteiger partial charge in [0, 0.05) is 31.7 Å². The van der Waals surface area contributed by atoms with Crippen molar-refractivity contribution in [1.29, 1.82) is 0 Å². The van der Waals surface area contributed by atoms with Crippen molar-refractivity contribution < 1.29 is 4.79 Å². The van der Waals surface area contributed by atoms with Crippen molar-refractivity contribution in [1.82, 2.24) is 14.9 Å². The lowest BCUT2D eigenvalue weighted by atomic mass is 10.2. The van der Waals surface area contributed by atoms with Gasteiger partial charge in [0.15, 0.2) is 0 Å². The summed E-state index contributed by atoms with van der Waals surface area (Å²) in [7, 11) is 2.12. The molecule has 6 nitrogen and oxygen atoms in total. The molecule has 0 unspecified atom stereocenters. The molecule has 1 amide bonds. The topological polar surface area (TPSA) is 61.4 Å². The van der Waals surface area contributed by atoms with Gasteiger partial charge in [-0.05, 0) is 31.3 Å². The molecule has 1 saturated heterocycles. The van der Waals surface area contributed by atoms with Gasteiger partial charge < -0.3 is 15.1 Å². The lowest BCUT2D eigenvalue weighted by Crippen LogP contribution is -2.44. The zero-order valence-electron chi connectivity index (χ0n) is 13.2. The molecule has 2 aromatic heterocycles. The molecule has 8 heteroatoms. The maximum atomic E-state index is 12.2. The number of halogens is 2. The fourth-order valence-corrected chi connectivity index (χ4v) is 2.96. The monoisotopic (exact) mass is 365 g/mol. The van der Waals surface area contributed by atoms with E-state index in [1.165, 1.54) is 12.1 Å². The van der Waals surface area contributed by atoms with Crippen molar-refractivity contribution >= 4 is 40.6 Å². The number of nitrogens with one attached hydrogen (secondary N) is 1. The van der Waals surface area contributed by atoms with Gasteiger partial charge in [-0.15, -0.1) is 0 Å². The van der Waals surface area contributed by atoms with Gasteiger partial charge in [0.05, 0.1) is 11.9 Å². The molecular weight excluding hydrogens is 349 g/mol. The van der Waals surface area contributed by atoms with E-state index in [4.69, 9.17) is 23.2 Å². The van der Waals surface area contributed by atoms with Crippen LogP contribution in [0.5, 0.6) is 0 Å². The van der Waals surface area contributed by atoms with Gasteiger partial charge in [-0.1, -0.05) is 23.2 Å². The SMILES string of the molecule is CN1CCN(c2ccc(NC(=O)c3cc(Cl)nc(Cl)c3)nc2)CC1. The molecule has 1 aliphatic heterocycles. The van der Waals surface area contributed by atoms with Crippen molar-refractivity contribution in [3.05, 3.63) is 46.3 Å². The second-order valence-electron chi connectivity index (χ2n) is 5.65. The van der Waals surface area contributed by atoms with Crippen LogP contribution < -0.4 is 10.2 Å². The van der Waals surface area contributed by atoms with Crippen LogP contribution in [0.2, 0.25) is 10.3 Å². The number of pyridine rings is 2. The van der Waals surface area contributed by atoms with Crippen LogP contribution in [-0.4, -0.2) is 54.0 Å². The number of likely N-dealkylation sites (N-methyl/N-ethyl adjacent to an activating group) is 1. The highest BCUT2D eigenvalue weighted by molar-refractivity contribution is 6.33. The van der Waals surface area contributed by atoms with Crippen LogP contribution in [-0.2, 0) is 0 Å². The Morgan fingerprint density at radius 1 is 1.12 bits per heavy atom. The molecule has 0 atom stereocenters. The van der Waals surface area contributed by atoms with Crippen LogP contribution >= 0.6 is 23.2 Å². The third kappa shape index (κ3) is 4.14. The first kappa shape index (κ1) is 17.0. The van der Waals surface area contributed by atoms with Crippen LogP contribution in [0.25, 0.3) is 0 Å². The molecule has 0 spiro atoms. The van der Waals surface area contributed by atoms with Gasteiger partial charge >= 0.3 is 0 Å². The Morgan fingerprint density at radius 2 is 1.79 bits per heavy atom. The molecular formula is C16H17Cl2N5O. The van der Waals surface area contributed by atoms with Crippen molar-refractivity contribution in [3.63, 3.8) is 0 Å². The van der Waals surface area contributed by atoms with Crippen molar-refractivity contribution in [2.75, 3.05) is 43.4 Å². The number of hydrogen-bond donors (Lipinski definition) is 1. The van der Waals surface area contributed by atoms with Crippen molar-refractivity contribution in [2.45, 2.75) is 0 Å². The molecule has 126 valence electrons. The first-order valence-corrected chi connectivity index (χ1v) is 8.31. The summed E-state index contributed by atoms with van der Waals surface area (Å²) < 4.78 is 0. The van der Waals surface area contributed by atoms with Gasteiger partial charge in [-0.2, -0.15) is 0 Å². The van der Waals surface area contributed by atoms with Gasteiger partial charge in [-0.3, -0.25) is 4.79 Å². The normalized spacial score (nSPS) is 15.4. The van der Waals surface area contributed by atoms with Crippen molar-refractivity contribution in [2.24, 2.45) is 0 Å². The average molecular weight is 366 g/mol. The Balaban J connectivity index is 1.66. The minimum Gasteiger partial charge on any atom is -0.368 e. The second-order valence-corrected chi connectivity index (χ2v) is 6.42. The molecule has 1 fully saturated rings. The Hall–Kier alpha value is -1.89. The van der Waals surface area contributed by atoms with Crippen molar-refractivity contribution in [3.8, 4) is 0 Å². The number of amides is 1. The van der Waals surface area contributed by atoms with Crippen LogP contribution in [0, 0.1) is 0 Å². The number of piperazine rings is 1. The van der Waals surface area contributed by atoms with Gasteiger partial charge in [0.25, 0.3) is 5.91 Å². The number of hydrogen-bond acceptors (Lipinski definition) is 5. The van der Waals surface area contributed by atoms with E-state index in [1.54, 1.807) is 12.3 Å². The summed E-state index contributed by atoms with van der Waals surface area (Å²) >= 11 is 11.6. The smallest absolute Gasteiger partial charge is 0.257 e.